The first-order chi connectivity index (χ1) is 10.8. The summed E-state index contributed by atoms with van der Waals surface area (Å²) in [7, 11) is 1.61. The molecule has 22 heavy (non-hydrogen) atoms. The third-order valence-electron chi connectivity index (χ3n) is 2.85. The molecule has 0 heterocycles. The average Bonchev–Trinajstić information content (AvgIpc) is 2.56. The SMILES string of the molecule is COc1ccc(NC(=O)CSCCOc2ccccc2)cc1. The molecule has 2 aromatic rings. The number of benzene rings is 2. The first-order valence-electron chi connectivity index (χ1n) is 6.97. The number of methoxy groups -OCH3 is 1. The average molecular weight is 317 g/mol. The Balaban J connectivity index is 1.61. The fourth-order valence-electron chi connectivity index (χ4n) is 1.77. The van der Waals surface area contributed by atoms with E-state index in [1.165, 1.54) is 0 Å². The number of para-hydroxylation sites is 1. The van der Waals surface area contributed by atoms with E-state index in [9.17, 15) is 4.79 Å². The van der Waals surface area contributed by atoms with Gasteiger partial charge >= 0.3 is 0 Å². The van der Waals surface area contributed by atoms with Gasteiger partial charge in [-0.2, -0.15) is 0 Å². The lowest BCUT2D eigenvalue weighted by molar-refractivity contribution is -0.113. The summed E-state index contributed by atoms with van der Waals surface area (Å²) in [5, 5.41) is 2.85. The van der Waals surface area contributed by atoms with Gasteiger partial charge in [-0.3, -0.25) is 4.79 Å². The number of hydrogen-bond acceptors (Lipinski definition) is 4. The molecule has 0 aromatic heterocycles. The van der Waals surface area contributed by atoms with Crippen LogP contribution in [0.15, 0.2) is 54.6 Å². The largest absolute Gasteiger partial charge is 0.497 e. The second kappa shape index (κ2) is 9.00. The fourth-order valence-corrected chi connectivity index (χ4v) is 2.37. The van der Waals surface area contributed by atoms with Gasteiger partial charge in [0.1, 0.15) is 11.5 Å². The van der Waals surface area contributed by atoms with Crippen LogP contribution in [0.2, 0.25) is 0 Å². The quantitative estimate of drug-likeness (QED) is 0.758. The van der Waals surface area contributed by atoms with E-state index in [-0.39, 0.29) is 5.91 Å². The van der Waals surface area contributed by atoms with Crippen LogP contribution in [0, 0.1) is 0 Å². The molecule has 0 saturated heterocycles. The van der Waals surface area contributed by atoms with E-state index < -0.39 is 0 Å². The summed E-state index contributed by atoms with van der Waals surface area (Å²) in [6.45, 7) is 0.588. The van der Waals surface area contributed by atoms with Gasteiger partial charge in [0.15, 0.2) is 0 Å². The van der Waals surface area contributed by atoms with Crippen molar-refractivity contribution in [1.82, 2.24) is 0 Å². The molecule has 116 valence electrons. The van der Waals surface area contributed by atoms with Crippen molar-refractivity contribution in [3.8, 4) is 11.5 Å². The molecule has 0 radical (unpaired) electrons. The summed E-state index contributed by atoms with van der Waals surface area (Å²) >= 11 is 1.55. The number of amides is 1. The van der Waals surface area contributed by atoms with Crippen molar-refractivity contribution in [2.24, 2.45) is 0 Å². The van der Waals surface area contributed by atoms with E-state index >= 15 is 0 Å². The molecule has 1 N–H and O–H groups in total. The topological polar surface area (TPSA) is 47.6 Å². The zero-order valence-electron chi connectivity index (χ0n) is 12.5. The zero-order valence-corrected chi connectivity index (χ0v) is 13.3. The van der Waals surface area contributed by atoms with Crippen LogP contribution in [0.5, 0.6) is 11.5 Å². The zero-order chi connectivity index (χ0) is 15.6. The lowest BCUT2D eigenvalue weighted by atomic mass is 10.3. The molecular weight excluding hydrogens is 298 g/mol. The molecule has 4 nitrogen and oxygen atoms in total. The van der Waals surface area contributed by atoms with Crippen LogP contribution in [-0.2, 0) is 4.79 Å². The number of rotatable bonds is 8. The van der Waals surface area contributed by atoms with E-state index in [1.807, 2.05) is 54.6 Å². The van der Waals surface area contributed by atoms with E-state index in [2.05, 4.69) is 5.32 Å². The monoisotopic (exact) mass is 317 g/mol. The molecule has 0 spiro atoms. The Morgan fingerprint density at radius 2 is 1.77 bits per heavy atom. The highest BCUT2D eigenvalue weighted by atomic mass is 32.2. The minimum Gasteiger partial charge on any atom is -0.497 e. The number of hydrogen-bond donors (Lipinski definition) is 1. The first-order valence-corrected chi connectivity index (χ1v) is 8.13. The van der Waals surface area contributed by atoms with Crippen LogP contribution < -0.4 is 14.8 Å². The number of thioether (sulfide) groups is 1. The van der Waals surface area contributed by atoms with Gasteiger partial charge in [0.05, 0.1) is 19.5 Å². The normalized spacial score (nSPS) is 10.0. The number of carbonyl (C=O) groups is 1. The maximum absolute atomic E-state index is 11.8. The van der Waals surface area contributed by atoms with Crippen molar-refractivity contribution in [3.05, 3.63) is 54.6 Å². The first kappa shape index (κ1) is 16.2. The van der Waals surface area contributed by atoms with Crippen molar-refractivity contribution in [2.45, 2.75) is 0 Å². The highest BCUT2D eigenvalue weighted by Gasteiger charge is 2.03. The van der Waals surface area contributed by atoms with Crippen molar-refractivity contribution < 1.29 is 14.3 Å². The lowest BCUT2D eigenvalue weighted by Crippen LogP contribution is -2.15. The molecule has 0 bridgehead atoms. The summed E-state index contributed by atoms with van der Waals surface area (Å²) in [5.41, 5.74) is 0.770. The number of ether oxygens (including phenoxy) is 2. The summed E-state index contributed by atoms with van der Waals surface area (Å²) in [6, 6.07) is 16.9. The maximum Gasteiger partial charge on any atom is 0.234 e. The molecule has 0 aliphatic heterocycles. The van der Waals surface area contributed by atoms with Crippen LogP contribution in [0.1, 0.15) is 0 Å². The van der Waals surface area contributed by atoms with Gasteiger partial charge in [0, 0.05) is 11.4 Å². The molecule has 0 atom stereocenters. The third kappa shape index (κ3) is 5.69. The van der Waals surface area contributed by atoms with Gasteiger partial charge in [0.25, 0.3) is 0 Å². The summed E-state index contributed by atoms with van der Waals surface area (Å²) in [6.07, 6.45) is 0. The van der Waals surface area contributed by atoms with Gasteiger partial charge in [-0.1, -0.05) is 18.2 Å². The second-order valence-corrected chi connectivity index (χ2v) is 5.60. The Kier molecular flexibility index (Phi) is 6.64. The lowest BCUT2D eigenvalue weighted by Gasteiger charge is -2.07. The second-order valence-electron chi connectivity index (χ2n) is 4.49. The van der Waals surface area contributed by atoms with Crippen LogP contribution in [0.4, 0.5) is 5.69 Å². The highest BCUT2D eigenvalue weighted by molar-refractivity contribution is 7.99. The molecule has 0 unspecified atom stereocenters. The molecule has 0 fully saturated rings. The minimum atomic E-state index is -0.0186. The van der Waals surface area contributed by atoms with Crippen molar-refractivity contribution in [2.75, 3.05) is 30.5 Å². The van der Waals surface area contributed by atoms with Crippen LogP contribution >= 0.6 is 11.8 Å². The molecular formula is C17H19NO3S. The van der Waals surface area contributed by atoms with E-state index in [0.29, 0.717) is 12.4 Å². The summed E-state index contributed by atoms with van der Waals surface area (Å²) in [5.74, 6) is 2.78. The van der Waals surface area contributed by atoms with E-state index in [4.69, 9.17) is 9.47 Å². The van der Waals surface area contributed by atoms with Crippen LogP contribution in [0.3, 0.4) is 0 Å². The fraction of sp³-hybridized carbons (Fsp3) is 0.235. The molecule has 2 aromatic carbocycles. The van der Waals surface area contributed by atoms with Gasteiger partial charge in [0.2, 0.25) is 5.91 Å². The van der Waals surface area contributed by atoms with Gasteiger partial charge in [-0.25, -0.2) is 0 Å². The maximum atomic E-state index is 11.8. The summed E-state index contributed by atoms with van der Waals surface area (Å²) < 4.78 is 10.6. The third-order valence-corrected chi connectivity index (χ3v) is 3.77. The van der Waals surface area contributed by atoms with Crippen molar-refractivity contribution in [3.63, 3.8) is 0 Å². The molecule has 2 rings (SSSR count). The Morgan fingerprint density at radius 1 is 1.05 bits per heavy atom. The van der Waals surface area contributed by atoms with Gasteiger partial charge in [-0.05, 0) is 36.4 Å². The molecule has 0 aliphatic rings. The van der Waals surface area contributed by atoms with Crippen LogP contribution in [0.25, 0.3) is 0 Å². The minimum absolute atomic E-state index is 0.0186. The highest BCUT2D eigenvalue weighted by Crippen LogP contribution is 2.15. The van der Waals surface area contributed by atoms with Gasteiger partial charge < -0.3 is 14.8 Å². The molecule has 0 saturated carbocycles. The van der Waals surface area contributed by atoms with E-state index in [1.54, 1.807) is 18.9 Å². The Bertz CT molecular complexity index is 572. The Labute approximate surface area is 134 Å². The van der Waals surface area contributed by atoms with Crippen LogP contribution in [-0.4, -0.2) is 31.1 Å². The van der Waals surface area contributed by atoms with Crippen molar-refractivity contribution in [1.29, 1.82) is 0 Å². The number of carbonyl (C=O) groups excluding carboxylic acids is 1. The summed E-state index contributed by atoms with van der Waals surface area (Å²) in [4.78, 5) is 11.8. The van der Waals surface area contributed by atoms with E-state index in [0.717, 1.165) is 22.9 Å². The molecule has 1 amide bonds. The molecule has 5 heteroatoms. The van der Waals surface area contributed by atoms with Crippen molar-refractivity contribution >= 4 is 23.4 Å². The van der Waals surface area contributed by atoms with Gasteiger partial charge in [-0.15, -0.1) is 11.8 Å². The number of nitrogens with one attached hydrogen (secondary N) is 1. The Hall–Kier alpha value is -2.14. The predicted molar refractivity (Wildman–Crippen MR) is 90.9 cm³/mol. The number of anilines is 1. The predicted octanol–water partition coefficient (Wildman–Crippen LogP) is 3.45. The Morgan fingerprint density at radius 3 is 2.45 bits per heavy atom. The molecule has 0 aliphatic carbocycles. The standard InChI is InChI=1S/C17H19NO3S/c1-20-15-9-7-14(8-10-15)18-17(19)13-22-12-11-21-16-5-3-2-4-6-16/h2-10H,11-13H2,1H3,(H,18,19). The smallest absolute Gasteiger partial charge is 0.234 e.